The fourth-order valence-electron chi connectivity index (χ4n) is 6.46. The molecule has 2 heterocycles. The molecule has 0 amide bonds. The van der Waals surface area contributed by atoms with Gasteiger partial charge in [-0.3, -0.25) is 20.2 Å². The molecule has 0 radical (unpaired) electrons. The Kier molecular flexibility index (Phi) is 13.2. The van der Waals surface area contributed by atoms with Crippen LogP contribution in [0, 0.1) is 20.2 Å². The predicted octanol–water partition coefficient (Wildman–Crippen LogP) is 7.69. The predicted molar refractivity (Wildman–Crippen MR) is 248 cm³/mol. The molecule has 0 saturated heterocycles. The summed E-state index contributed by atoms with van der Waals surface area (Å²) in [5.41, 5.74) is 15.2. The summed E-state index contributed by atoms with van der Waals surface area (Å²) in [6.45, 7) is 0. The molecule has 0 aliphatic carbocycles. The number of anilines is 6. The molecule has 66 heavy (non-hydrogen) atoms. The minimum Gasteiger partial charge on any atom is -0.497 e. The number of nitro benzene ring substituents is 2. The Morgan fingerprint density at radius 2 is 0.970 bits per heavy atom. The van der Waals surface area contributed by atoms with E-state index in [4.69, 9.17) is 20.9 Å². The van der Waals surface area contributed by atoms with Crippen molar-refractivity contribution >= 4 is 87.5 Å². The molecule has 20 nitrogen and oxygen atoms in total. The molecule has 336 valence electrons. The van der Waals surface area contributed by atoms with E-state index in [2.05, 4.69) is 30.6 Å². The van der Waals surface area contributed by atoms with Gasteiger partial charge in [-0.05, 0) is 54.6 Å². The number of nitrogens with zero attached hydrogens (tertiary/aromatic N) is 6. The van der Waals surface area contributed by atoms with E-state index >= 15 is 0 Å². The molecule has 0 bridgehead atoms. The summed E-state index contributed by atoms with van der Waals surface area (Å²) >= 11 is 0. The third kappa shape index (κ3) is 10.8. The largest absolute Gasteiger partial charge is 0.497 e. The van der Waals surface area contributed by atoms with Gasteiger partial charge in [-0.1, -0.05) is 36.4 Å². The number of benzene rings is 6. The van der Waals surface area contributed by atoms with Gasteiger partial charge in [0.1, 0.15) is 23.0 Å². The summed E-state index contributed by atoms with van der Waals surface area (Å²) in [5, 5.41) is 28.4. The van der Waals surface area contributed by atoms with Gasteiger partial charge in [-0.2, -0.15) is 0 Å². The number of nitrogens with two attached hydrogens (primary N) is 2. The van der Waals surface area contributed by atoms with Crippen LogP contribution in [0.2, 0.25) is 0 Å². The van der Waals surface area contributed by atoms with Gasteiger partial charge in [0.25, 0.3) is 11.4 Å². The zero-order chi connectivity index (χ0) is 47.2. The molecule has 0 spiro atoms. The summed E-state index contributed by atoms with van der Waals surface area (Å²) < 4.78 is 62.8. The van der Waals surface area contributed by atoms with Crippen molar-refractivity contribution in [1.29, 1.82) is 0 Å². The van der Waals surface area contributed by atoms with Gasteiger partial charge in [0.2, 0.25) is 0 Å². The van der Waals surface area contributed by atoms with E-state index in [-0.39, 0.29) is 55.6 Å². The number of nitrogen functional groups attached to an aromatic ring is 2. The maximum absolute atomic E-state index is 13.1. The van der Waals surface area contributed by atoms with Gasteiger partial charge in [0, 0.05) is 53.5 Å². The second-order valence-electron chi connectivity index (χ2n) is 14.3. The number of nitrogens with one attached hydrogen (secondary N) is 2. The average molecular weight is 931 g/mol. The van der Waals surface area contributed by atoms with Crippen molar-refractivity contribution in [3.63, 3.8) is 0 Å². The number of ether oxygens (including phenoxy) is 2. The second-order valence-corrected chi connectivity index (χ2v) is 18.3. The van der Waals surface area contributed by atoms with Gasteiger partial charge >= 0.3 is 0 Å². The number of para-hydroxylation sites is 4. The molecular weight excluding hydrogens is 893 g/mol. The highest BCUT2D eigenvalue weighted by Gasteiger charge is 2.24. The highest BCUT2D eigenvalue weighted by atomic mass is 32.2. The van der Waals surface area contributed by atoms with Crippen LogP contribution in [-0.4, -0.2) is 60.8 Å². The van der Waals surface area contributed by atoms with Crippen LogP contribution in [0.3, 0.4) is 0 Å². The summed E-state index contributed by atoms with van der Waals surface area (Å²) in [6.07, 6.45) is 0. The third-order valence-corrected chi connectivity index (χ3v) is 12.8. The lowest BCUT2D eigenvalue weighted by atomic mass is 10.2. The third-order valence-electron chi connectivity index (χ3n) is 9.57. The van der Waals surface area contributed by atoms with Gasteiger partial charge in [-0.15, -0.1) is 0 Å². The highest BCUT2D eigenvalue weighted by Crippen LogP contribution is 2.32. The molecule has 0 atom stereocenters. The van der Waals surface area contributed by atoms with E-state index in [9.17, 15) is 37.1 Å². The van der Waals surface area contributed by atoms with Crippen molar-refractivity contribution in [2.75, 3.05) is 36.3 Å². The lowest BCUT2D eigenvalue weighted by Crippen LogP contribution is -2.11. The standard InChI is InChI=1S/C22H17N5O7S.C22H21N5O3S/c1-34-17-10-14(9-16(11-17)27(30)31)23-22-21(24-19-7-2-3-8-20(19)25-22)13-35(32,33)18-6-4-5-15(12-18)26(28)29;1-30-17-10-15(24)9-16(12-17)25-22-21(26-19-7-2-3-8-20(19)27-22)13-31(28,29)18-6-4-5-14(23)11-18/h2-12H,13H2,1H3,(H,23,25);2-12H,13,23-24H2,1H3,(H,25,27). The van der Waals surface area contributed by atoms with Crippen molar-refractivity contribution in [2.24, 2.45) is 0 Å². The second kappa shape index (κ2) is 19.1. The van der Waals surface area contributed by atoms with Crippen LogP contribution in [0.1, 0.15) is 11.4 Å². The summed E-state index contributed by atoms with van der Waals surface area (Å²) in [6, 6.07) is 34.0. The number of fused-ring (bicyclic) bond motifs is 2. The molecule has 6 N–H and O–H groups in total. The van der Waals surface area contributed by atoms with Crippen LogP contribution in [0.5, 0.6) is 11.5 Å². The van der Waals surface area contributed by atoms with Crippen molar-refractivity contribution in [2.45, 2.75) is 21.3 Å². The Bertz CT molecular complexity index is 3400. The quantitative estimate of drug-likeness (QED) is 0.0461. The normalized spacial score (nSPS) is 11.3. The Morgan fingerprint density at radius 3 is 1.45 bits per heavy atom. The molecule has 8 rings (SSSR count). The van der Waals surface area contributed by atoms with Crippen molar-refractivity contribution in [1.82, 2.24) is 19.9 Å². The molecule has 8 aromatic rings. The molecular formula is C44H38N10O10S2. The molecule has 0 fully saturated rings. The molecule has 6 aromatic carbocycles. The molecule has 0 saturated carbocycles. The fraction of sp³-hybridized carbons (Fsp3) is 0.0909. The van der Waals surface area contributed by atoms with Gasteiger partial charge < -0.3 is 31.6 Å². The van der Waals surface area contributed by atoms with E-state index in [0.717, 1.165) is 6.07 Å². The molecule has 0 unspecified atom stereocenters. The average Bonchev–Trinajstić information content (AvgIpc) is 3.29. The maximum atomic E-state index is 13.1. The lowest BCUT2D eigenvalue weighted by Gasteiger charge is -2.14. The minimum atomic E-state index is -4.07. The van der Waals surface area contributed by atoms with Crippen molar-refractivity contribution in [3.8, 4) is 11.5 Å². The van der Waals surface area contributed by atoms with E-state index < -0.39 is 35.3 Å². The number of hydrogen-bond acceptors (Lipinski definition) is 18. The number of nitro groups is 2. The van der Waals surface area contributed by atoms with Gasteiger partial charge in [-0.25, -0.2) is 36.8 Å². The summed E-state index contributed by atoms with van der Waals surface area (Å²) in [4.78, 5) is 39.1. The first-order chi connectivity index (χ1) is 31.5. The zero-order valence-corrected chi connectivity index (χ0v) is 36.5. The molecule has 0 aliphatic heterocycles. The maximum Gasteiger partial charge on any atom is 0.275 e. The fourth-order valence-corrected chi connectivity index (χ4v) is 9.11. The first-order valence-corrected chi connectivity index (χ1v) is 22.7. The van der Waals surface area contributed by atoms with Gasteiger partial charge in [0.15, 0.2) is 31.3 Å². The lowest BCUT2D eigenvalue weighted by molar-refractivity contribution is -0.385. The number of sulfone groups is 2. The Morgan fingerprint density at radius 1 is 0.515 bits per heavy atom. The first-order valence-electron chi connectivity index (χ1n) is 19.4. The van der Waals surface area contributed by atoms with Gasteiger partial charge in [0.05, 0.1) is 79.1 Å². The number of rotatable bonds is 14. The highest BCUT2D eigenvalue weighted by molar-refractivity contribution is 7.91. The number of hydrogen-bond donors (Lipinski definition) is 4. The molecule has 2 aromatic heterocycles. The Balaban J connectivity index is 0.000000198. The summed E-state index contributed by atoms with van der Waals surface area (Å²) in [7, 11) is -4.88. The smallest absolute Gasteiger partial charge is 0.275 e. The van der Waals surface area contributed by atoms with E-state index in [1.54, 1.807) is 60.7 Å². The Hall–Kier alpha value is -8.50. The molecule has 0 aliphatic rings. The SMILES string of the molecule is COc1cc(N)cc(Nc2nc3ccccc3nc2CS(=O)(=O)c2cccc(N)c2)c1.COc1cc(Nc2nc3ccccc3nc2CS(=O)(=O)c2cccc([N+](=O)[O-])c2)cc([N+](=O)[O-])c1. The van der Waals surface area contributed by atoms with Crippen molar-refractivity contribution in [3.05, 3.63) is 165 Å². The minimum absolute atomic E-state index is 0.0284. The van der Waals surface area contributed by atoms with Crippen molar-refractivity contribution < 1.29 is 36.2 Å². The van der Waals surface area contributed by atoms with E-state index in [0.29, 0.717) is 50.7 Å². The molecule has 22 heteroatoms. The summed E-state index contributed by atoms with van der Waals surface area (Å²) in [5.74, 6) is 0.168. The zero-order valence-electron chi connectivity index (χ0n) is 34.9. The van der Waals surface area contributed by atoms with E-state index in [1.165, 1.54) is 62.8 Å². The number of non-ortho nitro benzene ring substituents is 2. The monoisotopic (exact) mass is 930 g/mol. The van der Waals surface area contributed by atoms with Crippen LogP contribution in [0.4, 0.5) is 45.8 Å². The van der Waals surface area contributed by atoms with Crippen LogP contribution in [0.15, 0.2) is 143 Å². The van der Waals surface area contributed by atoms with Crippen LogP contribution in [-0.2, 0) is 31.2 Å². The Labute approximate surface area is 376 Å². The topological polar surface area (TPSA) is 301 Å². The van der Waals surface area contributed by atoms with Crippen LogP contribution in [0.25, 0.3) is 22.1 Å². The number of aromatic nitrogens is 4. The van der Waals surface area contributed by atoms with Crippen LogP contribution < -0.4 is 31.6 Å². The van der Waals surface area contributed by atoms with E-state index in [1.807, 2.05) is 18.2 Å². The number of methoxy groups -OCH3 is 2. The van der Waals surface area contributed by atoms with Crippen LogP contribution >= 0.6 is 0 Å². The first kappa shape index (κ1) is 45.5.